The van der Waals surface area contributed by atoms with Crippen molar-refractivity contribution in [2.24, 2.45) is 11.8 Å². The first-order chi connectivity index (χ1) is 4.34. The zero-order valence-corrected chi connectivity index (χ0v) is 5.68. The third-order valence-electron chi connectivity index (χ3n) is 2.84. The van der Waals surface area contributed by atoms with Crippen LogP contribution in [0.1, 0.15) is 32.1 Å². The van der Waals surface area contributed by atoms with Crippen LogP contribution in [-0.2, 0) is 5.11 Å². The summed E-state index contributed by atoms with van der Waals surface area (Å²) in [5.41, 5.74) is 0. The molecule has 2 unspecified atom stereocenters. The molecule has 0 aromatic rings. The molecule has 0 N–H and O–H groups in total. The van der Waals surface area contributed by atoms with Crippen LogP contribution in [-0.4, -0.2) is 6.10 Å². The highest BCUT2D eigenvalue weighted by atomic mass is 16.3. The average molecular weight is 125 g/mol. The van der Waals surface area contributed by atoms with Gasteiger partial charge in [-0.05, 0) is 31.1 Å². The van der Waals surface area contributed by atoms with E-state index in [2.05, 4.69) is 0 Å². The van der Waals surface area contributed by atoms with Crippen LogP contribution in [0.15, 0.2) is 0 Å². The third-order valence-corrected chi connectivity index (χ3v) is 2.84. The number of rotatable bonds is 0. The molecule has 0 amide bonds. The molecular formula is C8H13O. The summed E-state index contributed by atoms with van der Waals surface area (Å²) in [4.78, 5) is 0. The highest BCUT2D eigenvalue weighted by molar-refractivity contribution is 4.84. The first kappa shape index (κ1) is 5.72. The van der Waals surface area contributed by atoms with Gasteiger partial charge in [-0.15, -0.1) is 0 Å². The van der Waals surface area contributed by atoms with Gasteiger partial charge in [0.05, 0.1) is 6.10 Å². The van der Waals surface area contributed by atoms with Gasteiger partial charge in [-0.1, -0.05) is 12.8 Å². The second kappa shape index (κ2) is 1.98. The third kappa shape index (κ3) is 0.983. The van der Waals surface area contributed by atoms with Crippen LogP contribution in [0.5, 0.6) is 0 Å². The molecule has 0 aromatic carbocycles. The lowest BCUT2D eigenvalue weighted by atomic mass is 9.87. The Hall–Kier alpha value is -0.0400. The maximum absolute atomic E-state index is 11.0. The van der Waals surface area contributed by atoms with E-state index in [-0.39, 0.29) is 6.10 Å². The number of hydrogen-bond donors (Lipinski definition) is 0. The monoisotopic (exact) mass is 125 g/mol. The highest BCUT2D eigenvalue weighted by Crippen LogP contribution is 2.41. The normalized spacial score (nSPS) is 49.7. The molecule has 2 bridgehead atoms. The lowest BCUT2D eigenvalue weighted by Crippen LogP contribution is -2.18. The van der Waals surface area contributed by atoms with Crippen molar-refractivity contribution in [1.29, 1.82) is 0 Å². The smallest absolute Gasteiger partial charge is 0.0935 e. The lowest BCUT2D eigenvalue weighted by molar-refractivity contribution is 0.0324. The summed E-state index contributed by atoms with van der Waals surface area (Å²) < 4.78 is 0. The summed E-state index contributed by atoms with van der Waals surface area (Å²) in [6.07, 6.45) is 5.84. The van der Waals surface area contributed by atoms with Gasteiger partial charge >= 0.3 is 0 Å². The van der Waals surface area contributed by atoms with E-state index in [9.17, 15) is 5.11 Å². The Morgan fingerprint density at radius 1 is 0.889 bits per heavy atom. The van der Waals surface area contributed by atoms with Gasteiger partial charge in [0.15, 0.2) is 0 Å². The predicted octanol–water partition coefficient (Wildman–Crippen LogP) is 2.00. The Kier molecular flexibility index (Phi) is 1.26. The van der Waals surface area contributed by atoms with E-state index < -0.39 is 0 Å². The van der Waals surface area contributed by atoms with Crippen LogP contribution in [0.4, 0.5) is 0 Å². The van der Waals surface area contributed by atoms with E-state index in [4.69, 9.17) is 0 Å². The molecule has 0 heterocycles. The standard InChI is InChI=1S/C8H13O/c9-8-4-6-1-2-7(3-6)5-8/h6-8H,1-5H2. The SMILES string of the molecule is [O]C1CC2CCC(C1)C2. The average Bonchev–Trinajstić information content (AvgIpc) is 2.11. The van der Waals surface area contributed by atoms with E-state index in [0.29, 0.717) is 0 Å². The molecule has 2 aliphatic rings. The van der Waals surface area contributed by atoms with Crippen molar-refractivity contribution in [3.63, 3.8) is 0 Å². The van der Waals surface area contributed by atoms with Crippen molar-refractivity contribution in [2.75, 3.05) is 0 Å². The summed E-state index contributed by atoms with van der Waals surface area (Å²) in [5.74, 6) is 1.65. The molecule has 1 nitrogen and oxygen atoms in total. The van der Waals surface area contributed by atoms with Crippen molar-refractivity contribution in [3.8, 4) is 0 Å². The maximum Gasteiger partial charge on any atom is 0.0935 e. The molecule has 2 rings (SSSR count). The van der Waals surface area contributed by atoms with Crippen LogP contribution in [0.2, 0.25) is 0 Å². The van der Waals surface area contributed by atoms with E-state index in [0.717, 1.165) is 24.7 Å². The predicted molar refractivity (Wildman–Crippen MR) is 34.5 cm³/mol. The summed E-state index contributed by atoms with van der Waals surface area (Å²) in [5, 5.41) is 11.0. The van der Waals surface area contributed by atoms with Crippen molar-refractivity contribution in [2.45, 2.75) is 38.2 Å². The van der Waals surface area contributed by atoms with Crippen molar-refractivity contribution < 1.29 is 5.11 Å². The zero-order chi connectivity index (χ0) is 6.27. The van der Waals surface area contributed by atoms with Crippen molar-refractivity contribution in [3.05, 3.63) is 0 Å². The van der Waals surface area contributed by atoms with Crippen LogP contribution in [0.25, 0.3) is 0 Å². The topological polar surface area (TPSA) is 19.9 Å². The molecule has 2 fully saturated rings. The Morgan fingerprint density at radius 3 is 2.00 bits per heavy atom. The minimum Gasteiger partial charge on any atom is -0.233 e. The molecule has 2 aliphatic carbocycles. The molecule has 2 saturated carbocycles. The Morgan fingerprint density at radius 2 is 1.44 bits per heavy atom. The number of hydrogen-bond acceptors (Lipinski definition) is 0. The highest BCUT2D eigenvalue weighted by Gasteiger charge is 2.33. The minimum atomic E-state index is -0.198. The van der Waals surface area contributed by atoms with Gasteiger partial charge in [0.25, 0.3) is 0 Å². The van der Waals surface area contributed by atoms with Gasteiger partial charge in [0.2, 0.25) is 0 Å². The van der Waals surface area contributed by atoms with E-state index >= 15 is 0 Å². The van der Waals surface area contributed by atoms with Crippen molar-refractivity contribution >= 4 is 0 Å². The molecule has 0 saturated heterocycles. The first-order valence-corrected chi connectivity index (χ1v) is 4.00. The second-order valence-corrected chi connectivity index (χ2v) is 3.64. The van der Waals surface area contributed by atoms with E-state index in [1.807, 2.05) is 0 Å². The van der Waals surface area contributed by atoms with E-state index in [1.54, 1.807) is 0 Å². The Labute approximate surface area is 56.1 Å². The fourth-order valence-corrected chi connectivity index (χ4v) is 2.45. The molecule has 2 atom stereocenters. The van der Waals surface area contributed by atoms with Crippen molar-refractivity contribution in [1.82, 2.24) is 0 Å². The quantitative estimate of drug-likeness (QED) is 0.472. The molecular weight excluding hydrogens is 112 g/mol. The second-order valence-electron chi connectivity index (χ2n) is 3.64. The summed E-state index contributed by atoms with van der Waals surface area (Å²) in [6.45, 7) is 0. The van der Waals surface area contributed by atoms with Crippen LogP contribution in [0.3, 0.4) is 0 Å². The van der Waals surface area contributed by atoms with Gasteiger partial charge in [0.1, 0.15) is 0 Å². The Bertz CT molecular complexity index is 99.1. The van der Waals surface area contributed by atoms with Gasteiger partial charge in [-0.3, -0.25) is 0 Å². The minimum absolute atomic E-state index is 0.198. The zero-order valence-electron chi connectivity index (χ0n) is 5.68. The molecule has 1 heteroatoms. The fraction of sp³-hybridized carbons (Fsp3) is 1.00. The molecule has 0 spiro atoms. The largest absolute Gasteiger partial charge is 0.233 e. The van der Waals surface area contributed by atoms with Gasteiger partial charge in [-0.25, -0.2) is 5.11 Å². The first-order valence-electron chi connectivity index (χ1n) is 4.00. The summed E-state index contributed by atoms with van der Waals surface area (Å²) in [6, 6.07) is 0. The van der Waals surface area contributed by atoms with Crippen LogP contribution >= 0.6 is 0 Å². The van der Waals surface area contributed by atoms with Crippen LogP contribution in [0, 0.1) is 11.8 Å². The maximum atomic E-state index is 11.0. The molecule has 1 radical (unpaired) electrons. The summed E-state index contributed by atoms with van der Waals surface area (Å²) in [7, 11) is 0. The molecule has 0 aliphatic heterocycles. The van der Waals surface area contributed by atoms with Gasteiger partial charge in [0, 0.05) is 0 Å². The van der Waals surface area contributed by atoms with Gasteiger partial charge < -0.3 is 0 Å². The fourth-order valence-electron chi connectivity index (χ4n) is 2.45. The van der Waals surface area contributed by atoms with Gasteiger partial charge in [-0.2, -0.15) is 0 Å². The molecule has 0 aromatic heterocycles. The van der Waals surface area contributed by atoms with E-state index in [1.165, 1.54) is 19.3 Å². The summed E-state index contributed by atoms with van der Waals surface area (Å²) >= 11 is 0. The Balaban J connectivity index is 2.03. The molecule has 9 heavy (non-hydrogen) atoms. The van der Waals surface area contributed by atoms with Crippen LogP contribution < -0.4 is 0 Å². The number of fused-ring (bicyclic) bond motifs is 2. The molecule has 51 valence electrons. The lowest BCUT2D eigenvalue weighted by Gasteiger charge is -2.21.